The summed E-state index contributed by atoms with van der Waals surface area (Å²) < 4.78 is 32.0. The SMILES string of the molecule is Cc1cc(C)c(NC(=O)COC(=O)c2ccc(S(=O)(=O)N3CCCCC3)cc2)c(C)c1. The number of hydrogen-bond acceptors (Lipinski definition) is 5. The van der Waals surface area contributed by atoms with E-state index < -0.39 is 28.5 Å². The molecule has 0 spiro atoms. The zero-order valence-corrected chi connectivity index (χ0v) is 18.9. The van der Waals surface area contributed by atoms with E-state index in [1.54, 1.807) is 0 Å². The van der Waals surface area contributed by atoms with E-state index >= 15 is 0 Å². The van der Waals surface area contributed by atoms with Gasteiger partial charge < -0.3 is 10.1 Å². The van der Waals surface area contributed by atoms with Gasteiger partial charge in [0.1, 0.15) is 0 Å². The number of ether oxygens (including phenoxy) is 1. The fourth-order valence-corrected chi connectivity index (χ4v) is 5.30. The van der Waals surface area contributed by atoms with Gasteiger partial charge in [-0.05, 0) is 69.0 Å². The van der Waals surface area contributed by atoms with Crippen LogP contribution in [0.5, 0.6) is 0 Å². The van der Waals surface area contributed by atoms with E-state index in [0.717, 1.165) is 36.0 Å². The molecule has 0 unspecified atom stereocenters. The van der Waals surface area contributed by atoms with Gasteiger partial charge in [0.25, 0.3) is 5.91 Å². The van der Waals surface area contributed by atoms with Crippen LogP contribution >= 0.6 is 0 Å². The molecule has 7 nitrogen and oxygen atoms in total. The molecule has 0 aliphatic carbocycles. The minimum absolute atomic E-state index is 0.147. The maximum atomic E-state index is 12.7. The van der Waals surface area contributed by atoms with Crippen molar-refractivity contribution >= 4 is 27.6 Å². The van der Waals surface area contributed by atoms with Crippen molar-refractivity contribution in [3.8, 4) is 0 Å². The number of nitrogens with one attached hydrogen (secondary N) is 1. The molecule has 8 heteroatoms. The van der Waals surface area contributed by atoms with E-state index in [2.05, 4.69) is 5.32 Å². The Morgan fingerprint density at radius 3 is 2.13 bits per heavy atom. The Hall–Kier alpha value is -2.71. The predicted octanol–water partition coefficient (Wildman–Crippen LogP) is 3.58. The Kier molecular flexibility index (Phi) is 7.12. The molecular weight excluding hydrogens is 416 g/mol. The molecular formula is C23H28N2O5S. The molecule has 31 heavy (non-hydrogen) atoms. The number of hydrogen-bond donors (Lipinski definition) is 1. The maximum absolute atomic E-state index is 12.7. The number of carbonyl (C=O) groups is 2. The van der Waals surface area contributed by atoms with Crippen molar-refractivity contribution in [1.29, 1.82) is 0 Å². The molecule has 1 N–H and O–H groups in total. The molecule has 0 atom stereocenters. The van der Waals surface area contributed by atoms with Gasteiger partial charge in [-0.15, -0.1) is 0 Å². The number of amides is 1. The first-order valence-corrected chi connectivity index (χ1v) is 11.8. The highest BCUT2D eigenvalue weighted by molar-refractivity contribution is 7.89. The lowest BCUT2D eigenvalue weighted by atomic mass is 10.1. The standard InChI is InChI=1S/C23H28N2O5S/c1-16-13-17(2)22(18(3)14-16)24-21(26)15-30-23(27)19-7-9-20(10-8-19)31(28,29)25-11-5-4-6-12-25/h7-10,13-14H,4-6,11-12,15H2,1-3H3,(H,24,26). The average Bonchev–Trinajstić information content (AvgIpc) is 2.75. The highest BCUT2D eigenvalue weighted by atomic mass is 32.2. The zero-order valence-electron chi connectivity index (χ0n) is 18.1. The highest BCUT2D eigenvalue weighted by Crippen LogP contribution is 2.22. The maximum Gasteiger partial charge on any atom is 0.338 e. The number of benzene rings is 2. The number of nitrogens with zero attached hydrogens (tertiary/aromatic N) is 1. The van der Waals surface area contributed by atoms with E-state index in [0.29, 0.717) is 18.8 Å². The number of aryl methyl sites for hydroxylation is 3. The van der Waals surface area contributed by atoms with Crippen LogP contribution in [0.15, 0.2) is 41.3 Å². The number of esters is 1. The summed E-state index contributed by atoms with van der Waals surface area (Å²) in [5.41, 5.74) is 3.86. The smallest absolute Gasteiger partial charge is 0.338 e. The molecule has 0 aromatic heterocycles. The molecule has 166 valence electrons. The van der Waals surface area contributed by atoms with Gasteiger partial charge in [0, 0.05) is 18.8 Å². The van der Waals surface area contributed by atoms with Gasteiger partial charge in [-0.1, -0.05) is 24.1 Å². The second-order valence-corrected chi connectivity index (χ2v) is 9.83. The molecule has 2 aromatic rings. The van der Waals surface area contributed by atoms with Crippen molar-refractivity contribution < 1.29 is 22.7 Å². The first kappa shape index (κ1) is 23.0. The Labute approximate surface area is 183 Å². The van der Waals surface area contributed by atoms with Gasteiger partial charge in [-0.2, -0.15) is 4.31 Å². The third-order valence-electron chi connectivity index (χ3n) is 5.32. The highest BCUT2D eigenvalue weighted by Gasteiger charge is 2.26. The van der Waals surface area contributed by atoms with Gasteiger partial charge in [-0.25, -0.2) is 13.2 Å². The van der Waals surface area contributed by atoms with E-state index in [1.807, 2.05) is 32.9 Å². The normalized spacial score (nSPS) is 14.8. The fraction of sp³-hybridized carbons (Fsp3) is 0.391. The van der Waals surface area contributed by atoms with Gasteiger partial charge in [0.05, 0.1) is 10.5 Å². The van der Waals surface area contributed by atoms with E-state index in [1.165, 1.54) is 28.6 Å². The van der Waals surface area contributed by atoms with E-state index in [9.17, 15) is 18.0 Å². The summed E-state index contributed by atoms with van der Waals surface area (Å²) in [6, 6.07) is 9.55. The third-order valence-corrected chi connectivity index (χ3v) is 7.23. The lowest BCUT2D eigenvalue weighted by Crippen LogP contribution is -2.35. The minimum atomic E-state index is -3.56. The van der Waals surface area contributed by atoms with Crippen LogP contribution in [0.25, 0.3) is 0 Å². The molecule has 2 aromatic carbocycles. The monoisotopic (exact) mass is 444 g/mol. The van der Waals surface area contributed by atoms with Crippen molar-refractivity contribution in [2.75, 3.05) is 25.0 Å². The summed E-state index contributed by atoms with van der Waals surface area (Å²) in [4.78, 5) is 24.7. The first-order chi connectivity index (χ1) is 14.7. The Morgan fingerprint density at radius 1 is 0.968 bits per heavy atom. The lowest BCUT2D eigenvalue weighted by molar-refractivity contribution is -0.119. The molecule has 3 rings (SSSR count). The molecule has 0 saturated carbocycles. The zero-order chi connectivity index (χ0) is 22.6. The minimum Gasteiger partial charge on any atom is -0.452 e. The largest absolute Gasteiger partial charge is 0.452 e. The van der Waals surface area contributed by atoms with Crippen molar-refractivity contribution in [3.05, 3.63) is 58.7 Å². The molecule has 1 aliphatic heterocycles. The van der Waals surface area contributed by atoms with E-state index in [-0.39, 0.29) is 10.5 Å². The second kappa shape index (κ2) is 9.62. The third kappa shape index (κ3) is 5.51. The van der Waals surface area contributed by atoms with Crippen LogP contribution in [0.3, 0.4) is 0 Å². The van der Waals surface area contributed by atoms with E-state index in [4.69, 9.17) is 4.74 Å². The number of rotatable bonds is 6. The van der Waals surface area contributed by atoms with Crippen molar-refractivity contribution in [3.63, 3.8) is 0 Å². The van der Waals surface area contributed by atoms with Crippen LogP contribution in [-0.4, -0.2) is 44.3 Å². The quantitative estimate of drug-likeness (QED) is 0.688. The average molecular weight is 445 g/mol. The summed E-state index contributed by atoms with van der Waals surface area (Å²) in [5, 5.41) is 2.78. The topological polar surface area (TPSA) is 92.8 Å². The van der Waals surface area contributed by atoms with Crippen LogP contribution in [0.2, 0.25) is 0 Å². The summed E-state index contributed by atoms with van der Waals surface area (Å²) in [5.74, 6) is -1.12. The number of sulfonamides is 1. The Bertz CT molecular complexity index is 1050. The predicted molar refractivity (Wildman–Crippen MR) is 119 cm³/mol. The molecule has 1 heterocycles. The summed E-state index contributed by atoms with van der Waals surface area (Å²) in [6.07, 6.45) is 2.74. The van der Waals surface area contributed by atoms with Crippen LogP contribution in [0, 0.1) is 20.8 Å². The van der Waals surface area contributed by atoms with Crippen LogP contribution in [-0.2, 0) is 19.6 Å². The summed E-state index contributed by atoms with van der Waals surface area (Å²) in [6.45, 7) is 6.39. The number of piperidine rings is 1. The van der Waals surface area contributed by atoms with Crippen LogP contribution in [0.4, 0.5) is 5.69 Å². The van der Waals surface area contributed by atoms with Gasteiger partial charge >= 0.3 is 5.97 Å². The number of anilines is 1. The van der Waals surface area contributed by atoms with Crippen molar-refractivity contribution in [1.82, 2.24) is 4.31 Å². The Morgan fingerprint density at radius 2 is 1.55 bits per heavy atom. The van der Waals surface area contributed by atoms with Crippen molar-refractivity contribution in [2.45, 2.75) is 44.9 Å². The van der Waals surface area contributed by atoms with Gasteiger partial charge in [-0.3, -0.25) is 4.79 Å². The molecule has 0 radical (unpaired) electrons. The van der Waals surface area contributed by atoms with Crippen molar-refractivity contribution in [2.24, 2.45) is 0 Å². The molecule has 1 saturated heterocycles. The first-order valence-electron chi connectivity index (χ1n) is 10.3. The second-order valence-electron chi connectivity index (χ2n) is 7.89. The van der Waals surface area contributed by atoms with Crippen LogP contribution < -0.4 is 5.32 Å². The summed E-state index contributed by atoms with van der Waals surface area (Å²) in [7, 11) is -3.56. The molecule has 0 bridgehead atoms. The molecule has 1 fully saturated rings. The summed E-state index contributed by atoms with van der Waals surface area (Å²) >= 11 is 0. The molecule has 1 amide bonds. The molecule has 1 aliphatic rings. The number of carbonyl (C=O) groups excluding carboxylic acids is 2. The van der Waals surface area contributed by atoms with Gasteiger partial charge in [0.2, 0.25) is 10.0 Å². The lowest BCUT2D eigenvalue weighted by Gasteiger charge is -2.25. The fourth-order valence-electron chi connectivity index (χ4n) is 3.78. The van der Waals surface area contributed by atoms with Gasteiger partial charge in [0.15, 0.2) is 6.61 Å². The van der Waals surface area contributed by atoms with Crippen LogP contribution in [0.1, 0.15) is 46.3 Å². The Balaban J connectivity index is 1.59.